The molecule has 1 amide bonds. The van der Waals surface area contributed by atoms with Crippen LogP contribution in [-0.4, -0.2) is 60.1 Å². The molecule has 3 fully saturated rings. The van der Waals surface area contributed by atoms with Gasteiger partial charge in [0, 0.05) is 26.2 Å². The first kappa shape index (κ1) is 16.5. The fourth-order valence-electron chi connectivity index (χ4n) is 4.75. The normalized spacial score (nSPS) is 34.7. The number of carbonyl (C=O) groups excluding carboxylic acids is 1. The molecule has 0 spiro atoms. The number of nitrogens with zero attached hydrogens (tertiary/aromatic N) is 2. The molecular formula is C17H27N3O3. The number of likely N-dealkylation sites (N-methyl/N-ethyl adjacent to an activating group) is 1. The van der Waals surface area contributed by atoms with E-state index >= 15 is 0 Å². The lowest BCUT2D eigenvalue weighted by atomic mass is 9.79. The molecule has 6 heteroatoms. The molecule has 4 atom stereocenters. The van der Waals surface area contributed by atoms with Gasteiger partial charge >= 0.3 is 5.97 Å². The van der Waals surface area contributed by atoms with Crippen molar-refractivity contribution in [2.45, 2.75) is 26.7 Å². The summed E-state index contributed by atoms with van der Waals surface area (Å²) in [6, 6.07) is 0. The van der Waals surface area contributed by atoms with E-state index in [-0.39, 0.29) is 17.7 Å². The molecule has 2 bridgehead atoms. The number of nitrogens with one attached hydrogen (secondary N) is 1. The van der Waals surface area contributed by atoms with Crippen molar-refractivity contribution >= 4 is 11.9 Å². The summed E-state index contributed by atoms with van der Waals surface area (Å²) in [7, 11) is 2.07. The third-order valence-corrected chi connectivity index (χ3v) is 5.78. The Labute approximate surface area is 137 Å². The van der Waals surface area contributed by atoms with Gasteiger partial charge in [0.15, 0.2) is 0 Å². The Morgan fingerprint density at radius 1 is 1.04 bits per heavy atom. The highest BCUT2D eigenvalue weighted by Gasteiger charge is 2.57. The molecular weight excluding hydrogens is 294 g/mol. The third-order valence-electron chi connectivity index (χ3n) is 5.78. The number of carbonyl (C=O) groups is 2. The van der Waals surface area contributed by atoms with Crippen LogP contribution in [0.1, 0.15) is 26.7 Å². The lowest BCUT2D eigenvalue weighted by molar-refractivity contribution is -0.151. The zero-order valence-electron chi connectivity index (χ0n) is 14.2. The van der Waals surface area contributed by atoms with E-state index in [0.29, 0.717) is 0 Å². The Bertz CT molecular complexity index is 533. The van der Waals surface area contributed by atoms with E-state index in [1.54, 1.807) is 0 Å². The Morgan fingerprint density at radius 2 is 1.61 bits per heavy atom. The fourth-order valence-corrected chi connectivity index (χ4v) is 4.75. The minimum Gasteiger partial charge on any atom is -0.481 e. The van der Waals surface area contributed by atoms with Crippen molar-refractivity contribution in [2.24, 2.45) is 23.7 Å². The molecule has 0 aromatic heterocycles. The fraction of sp³-hybridized carbons (Fsp3) is 0.765. The zero-order chi connectivity index (χ0) is 16.7. The number of piperazine rings is 1. The van der Waals surface area contributed by atoms with E-state index in [1.165, 1.54) is 11.1 Å². The van der Waals surface area contributed by atoms with Crippen molar-refractivity contribution in [3.05, 3.63) is 11.1 Å². The highest BCUT2D eigenvalue weighted by Crippen LogP contribution is 2.57. The van der Waals surface area contributed by atoms with Crippen LogP contribution in [0.3, 0.4) is 0 Å². The van der Waals surface area contributed by atoms with Gasteiger partial charge in [0.1, 0.15) is 0 Å². The summed E-state index contributed by atoms with van der Waals surface area (Å²) in [5.41, 5.74) is 5.42. The number of allylic oxidation sites excluding steroid dienone is 2. The van der Waals surface area contributed by atoms with Crippen LogP contribution in [0.4, 0.5) is 0 Å². The molecule has 1 saturated heterocycles. The largest absolute Gasteiger partial charge is 0.481 e. The van der Waals surface area contributed by atoms with Gasteiger partial charge in [0.25, 0.3) is 0 Å². The maximum Gasteiger partial charge on any atom is 0.307 e. The van der Waals surface area contributed by atoms with Gasteiger partial charge in [-0.05, 0) is 45.6 Å². The van der Waals surface area contributed by atoms with Crippen LogP contribution < -0.4 is 5.43 Å². The number of carboxylic acids is 1. The van der Waals surface area contributed by atoms with Crippen molar-refractivity contribution in [1.82, 2.24) is 15.3 Å². The molecule has 6 nitrogen and oxygen atoms in total. The summed E-state index contributed by atoms with van der Waals surface area (Å²) in [5.74, 6) is -1.76. The van der Waals surface area contributed by atoms with Crippen LogP contribution in [0.15, 0.2) is 11.1 Å². The van der Waals surface area contributed by atoms with E-state index < -0.39 is 17.8 Å². The Hall–Kier alpha value is -1.40. The smallest absolute Gasteiger partial charge is 0.307 e. The van der Waals surface area contributed by atoms with Crippen molar-refractivity contribution in [1.29, 1.82) is 0 Å². The number of carboxylic acid groups (broad SMARTS) is 1. The van der Waals surface area contributed by atoms with Crippen LogP contribution in [0.25, 0.3) is 0 Å². The maximum atomic E-state index is 12.8. The molecule has 3 aliphatic rings. The summed E-state index contributed by atoms with van der Waals surface area (Å²) in [6.45, 7) is 7.49. The van der Waals surface area contributed by atoms with E-state index in [4.69, 9.17) is 0 Å². The minimum absolute atomic E-state index is 0.0470. The Morgan fingerprint density at radius 3 is 2.13 bits per heavy atom. The predicted octanol–water partition coefficient (Wildman–Crippen LogP) is 0.958. The molecule has 0 radical (unpaired) electrons. The van der Waals surface area contributed by atoms with Crippen LogP contribution in [0.2, 0.25) is 0 Å². The topological polar surface area (TPSA) is 72.9 Å². The molecule has 1 aliphatic heterocycles. The second-order valence-electron chi connectivity index (χ2n) is 7.40. The third kappa shape index (κ3) is 2.90. The second kappa shape index (κ2) is 6.24. The second-order valence-corrected chi connectivity index (χ2v) is 7.40. The van der Waals surface area contributed by atoms with Crippen LogP contribution in [-0.2, 0) is 9.59 Å². The van der Waals surface area contributed by atoms with Crippen LogP contribution >= 0.6 is 0 Å². The molecule has 3 rings (SSSR count). The molecule has 0 unspecified atom stereocenters. The summed E-state index contributed by atoms with van der Waals surface area (Å²) >= 11 is 0. The van der Waals surface area contributed by atoms with Crippen molar-refractivity contribution in [2.75, 3.05) is 33.2 Å². The van der Waals surface area contributed by atoms with Crippen LogP contribution in [0, 0.1) is 23.7 Å². The molecule has 0 aromatic rings. The molecule has 0 aromatic carbocycles. The highest BCUT2D eigenvalue weighted by atomic mass is 16.4. The van der Waals surface area contributed by atoms with Gasteiger partial charge in [-0.1, -0.05) is 11.1 Å². The monoisotopic (exact) mass is 321 g/mol. The van der Waals surface area contributed by atoms with E-state index in [1.807, 2.05) is 18.9 Å². The number of hydrogen-bond acceptors (Lipinski definition) is 4. The standard InChI is InChI=1S/C17H27N3O3/c1-10(2)13-11-4-5-12(13)15(17(22)23)14(11)16(21)18-20-8-6-19(3)7-9-20/h11-12,14-15H,4-9H2,1-3H3,(H,18,21)(H,22,23)/t11-,12-,14+,15+/m0/s1. The SMILES string of the molecule is CC(C)=C1[C@@H]2CC[C@@H]1[C@@H](C(=O)NN1CCN(C)CC1)[C@@H]2C(=O)O. The molecule has 128 valence electrons. The lowest BCUT2D eigenvalue weighted by Crippen LogP contribution is -2.55. The maximum absolute atomic E-state index is 12.8. The number of hydrogen-bond donors (Lipinski definition) is 2. The van der Waals surface area contributed by atoms with Gasteiger partial charge in [-0.3, -0.25) is 15.0 Å². The number of amides is 1. The molecule has 2 aliphatic carbocycles. The number of hydrazine groups is 1. The first-order valence-electron chi connectivity index (χ1n) is 8.54. The number of rotatable bonds is 3. The summed E-state index contributed by atoms with van der Waals surface area (Å²) in [4.78, 5) is 26.8. The number of fused-ring (bicyclic) bond motifs is 2. The van der Waals surface area contributed by atoms with Gasteiger partial charge in [0.05, 0.1) is 11.8 Å². The summed E-state index contributed by atoms with van der Waals surface area (Å²) in [5, 5.41) is 11.6. The van der Waals surface area contributed by atoms with Crippen LogP contribution in [0.5, 0.6) is 0 Å². The van der Waals surface area contributed by atoms with E-state index in [0.717, 1.165) is 39.0 Å². The molecule has 2 saturated carbocycles. The average Bonchev–Trinajstić information content (AvgIpc) is 3.05. The highest BCUT2D eigenvalue weighted by molar-refractivity contribution is 5.87. The van der Waals surface area contributed by atoms with Crippen molar-refractivity contribution in [3.63, 3.8) is 0 Å². The Kier molecular flexibility index (Phi) is 4.47. The van der Waals surface area contributed by atoms with Crippen molar-refractivity contribution < 1.29 is 14.7 Å². The average molecular weight is 321 g/mol. The van der Waals surface area contributed by atoms with Gasteiger partial charge < -0.3 is 10.0 Å². The molecule has 1 heterocycles. The van der Waals surface area contributed by atoms with Crippen molar-refractivity contribution in [3.8, 4) is 0 Å². The van der Waals surface area contributed by atoms with Gasteiger partial charge in [-0.2, -0.15) is 0 Å². The van der Waals surface area contributed by atoms with Gasteiger partial charge in [0.2, 0.25) is 5.91 Å². The van der Waals surface area contributed by atoms with E-state index in [9.17, 15) is 14.7 Å². The Balaban J connectivity index is 1.76. The van der Waals surface area contributed by atoms with Gasteiger partial charge in [-0.15, -0.1) is 0 Å². The summed E-state index contributed by atoms with van der Waals surface area (Å²) < 4.78 is 0. The van der Waals surface area contributed by atoms with Gasteiger partial charge in [-0.25, -0.2) is 5.01 Å². The minimum atomic E-state index is -0.825. The first-order chi connectivity index (χ1) is 10.9. The lowest BCUT2D eigenvalue weighted by Gasteiger charge is -2.34. The summed E-state index contributed by atoms with van der Waals surface area (Å²) in [6.07, 6.45) is 1.84. The zero-order valence-corrected chi connectivity index (χ0v) is 14.2. The predicted molar refractivity (Wildman–Crippen MR) is 86.4 cm³/mol. The molecule has 2 N–H and O–H groups in total. The quantitative estimate of drug-likeness (QED) is 0.758. The first-order valence-corrected chi connectivity index (χ1v) is 8.54. The van der Waals surface area contributed by atoms with E-state index in [2.05, 4.69) is 17.4 Å². The number of aliphatic carboxylic acids is 1. The molecule has 23 heavy (non-hydrogen) atoms.